The Kier molecular flexibility index (Phi) is 2.98. The number of nitrogens with one attached hydrogen (secondary N) is 1. The van der Waals surface area contributed by atoms with Crippen LogP contribution in [0.25, 0.3) is 0 Å². The van der Waals surface area contributed by atoms with E-state index in [1.54, 1.807) is 0 Å². The molecule has 2 rings (SSSR count). The molecule has 2 fully saturated rings. The predicted molar refractivity (Wildman–Crippen MR) is 65.7 cm³/mol. The maximum absolute atomic E-state index is 6.13. The number of ether oxygens (including phenoxy) is 1. The lowest BCUT2D eigenvalue weighted by atomic mass is 9.85. The highest BCUT2D eigenvalue weighted by Gasteiger charge is 2.33. The molecule has 1 saturated heterocycles. The van der Waals surface area contributed by atoms with Crippen LogP contribution in [0.15, 0.2) is 24.0 Å². The molecule has 0 aromatic rings. The van der Waals surface area contributed by atoms with Crippen LogP contribution in [0, 0.1) is 11.3 Å². The van der Waals surface area contributed by atoms with Crippen LogP contribution in [0.3, 0.4) is 0 Å². The quantitative estimate of drug-likeness (QED) is 0.700. The van der Waals surface area contributed by atoms with Crippen molar-refractivity contribution in [1.82, 2.24) is 5.32 Å². The Hall–Kier alpha value is -0.960. The maximum atomic E-state index is 6.13. The van der Waals surface area contributed by atoms with Crippen molar-refractivity contribution in [3.63, 3.8) is 0 Å². The Morgan fingerprint density at radius 1 is 1.56 bits per heavy atom. The zero-order chi connectivity index (χ0) is 11.8. The van der Waals surface area contributed by atoms with Gasteiger partial charge in [-0.15, -0.1) is 6.58 Å². The minimum Gasteiger partial charge on any atom is -0.400 e. The van der Waals surface area contributed by atoms with E-state index in [4.69, 9.17) is 10.5 Å². The largest absolute Gasteiger partial charge is 0.400 e. The summed E-state index contributed by atoms with van der Waals surface area (Å²) in [5.41, 5.74) is 8.25. The monoisotopic (exact) mass is 222 g/mol. The molecule has 1 aliphatic heterocycles. The zero-order valence-electron chi connectivity index (χ0n) is 10.3. The number of rotatable bonds is 2. The highest BCUT2D eigenvalue weighted by atomic mass is 16.5. The molecule has 0 aromatic carbocycles. The number of nitrogens with two attached hydrogens (primary N) is 1. The summed E-state index contributed by atoms with van der Waals surface area (Å²) < 4.78 is 5.71. The van der Waals surface area contributed by atoms with Crippen LogP contribution in [-0.2, 0) is 4.74 Å². The summed E-state index contributed by atoms with van der Waals surface area (Å²) in [5.74, 6) is 0.581. The van der Waals surface area contributed by atoms with Crippen LogP contribution in [0.5, 0.6) is 0 Å². The van der Waals surface area contributed by atoms with Crippen LogP contribution in [0.4, 0.5) is 0 Å². The fourth-order valence-electron chi connectivity index (χ4n) is 2.12. The summed E-state index contributed by atoms with van der Waals surface area (Å²) in [7, 11) is 0. The molecule has 3 N–H and O–H groups in total. The second kappa shape index (κ2) is 4.13. The predicted octanol–water partition coefficient (Wildman–Crippen LogP) is 1.77. The lowest BCUT2D eigenvalue weighted by Gasteiger charge is -2.30. The van der Waals surface area contributed by atoms with Crippen molar-refractivity contribution in [2.75, 3.05) is 13.2 Å². The normalized spacial score (nSPS) is 32.5. The van der Waals surface area contributed by atoms with Gasteiger partial charge in [-0.05, 0) is 12.8 Å². The van der Waals surface area contributed by atoms with Gasteiger partial charge in [0.15, 0.2) is 0 Å². The Morgan fingerprint density at radius 3 is 2.81 bits per heavy atom. The van der Waals surface area contributed by atoms with Gasteiger partial charge in [-0.1, -0.05) is 19.9 Å². The highest BCUT2D eigenvalue weighted by molar-refractivity contribution is 5.20. The molecule has 16 heavy (non-hydrogen) atoms. The number of allylic oxidation sites excluding steroid dienone is 1. The molecule has 3 heteroatoms. The van der Waals surface area contributed by atoms with E-state index in [2.05, 4.69) is 25.7 Å². The van der Waals surface area contributed by atoms with E-state index >= 15 is 0 Å². The zero-order valence-corrected chi connectivity index (χ0v) is 10.3. The molecule has 0 amide bonds. The molecule has 90 valence electrons. The van der Waals surface area contributed by atoms with E-state index in [9.17, 15) is 0 Å². The summed E-state index contributed by atoms with van der Waals surface area (Å²) in [6.45, 7) is 9.60. The fraction of sp³-hybridized carbons (Fsp3) is 0.692. The summed E-state index contributed by atoms with van der Waals surface area (Å²) in [5, 5.41) is 3.49. The molecule has 0 radical (unpaired) electrons. The van der Waals surface area contributed by atoms with Crippen molar-refractivity contribution in [1.29, 1.82) is 0 Å². The van der Waals surface area contributed by atoms with Crippen molar-refractivity contribution in [3.05, 3.63) is 24.0 Å². The van der Waals surface area contributed by atoms with Gasteiger partial charge in [0.1, 0.15) is 0 Å². The van der Waals surface area contributed by atoms with Gasteiger partial charge >= 0.3 is 0 Å². The van der Waals surface area contributed by atoms with E-state index in [-0.39, 0.29) is 11.5 Å². The second-order valence-corrected chi connectivity index (χ2v) is 5.55. The average molecular weight is 222 g/mol. The van der Waals surface area contributed by atoms with Crippen molar-refractivity contribution >= 4 is 0 Å². The molecule has 1 heterocycles. The molecule has 0 bridgehead atoms. The van der Waals surface area contributed by atoms with Crippen molar-refractivity contribution in [3.8, 4) is 0 Å². The third kappa shape index (κ3) is 2.24. The number of hydrogen-bond donors (Lipinski definition) is 2. The van der Waals surface area contributed by atoms with Gasteiger partial charge in [-0.2, -0.15) is 0 Å². The summed E-state index contributed by atoms with van der Waals surface area (Å²) >= 11 is 0. The molecular weight excluding hydrogens is 200 g/mol. The summed E-state index contributed by atoms with van der Waals surface area (Å²) in [6, 6.07) is 0.224. The van der Waals surface area contributed by atoms with Crippen LogP contribution in [0.2, 0.25) is 0 Å². The minimum atomic E-state index is 0.0628. The Labute approximate surface area is 97.7 Å². The van der Waals surface area contributed by atoms with E-state index in [1.165, 1.54) is 12.8 Å². The molecular formula is C13H22N2O. The van der Waals surface area contributed by atoms with Gasteiger partial charge in [0, 0.05) is 17.0 Å². The van der Waals surface area contributed by atoms with Crippen LogP contribution < -0.4 is 11.1 Å². The van der Waals surface area contributed by atoms with E-state index in [0.29, 0.717) is 12.5 Å². The lowest BCUT2D eigenvalue weighted by Crippen LogP contribution is -2.40. The molecule has 1 atom stereocenters. The van der Waals surface area contributed by atoms with Crippen molar-refractivity contribution in [2.24, 2.45) is 17.1 Å². The van der Waals surface area contributed by atoms with E-state index in [0.717, 1.165) is 18.0 Å². The molecule has 2 aliphatic rings. The molecule has 1 saturated carbocycles. The highest BCUT2D eigenvalue weighted by Crippen LogP contribution is 2.36. The van der Waals surface area contributed by atoms with Gasteiger partial charge in [0.2, 0.25) is 0 Å². The molecule has 0 aromatic heterocycles. The smallest absolute Gasteiger partial charge is 0.0880 e. The standard InChI is InChI=1S/C13H22N2O/c1-4-11-13(2,3)8-16-7-10(15-11)12(14)9-5-6-9/h4,9,11,15H,1,5-8,14H2,2-3H3/b12-10-. The fourth-order valence-corrected chi connectivity index (χ4v) is 2.12. The van der Waals surface area contributed by atoms with E-state index in [1.807, 2.05) is 6.08 Å². The molecule has 0 spiro atoms. The topological polar surface area (TPSA) is 47.3 Å². The minimum absolute atomic E-state index is 0.0628. The number of hydrogen-bond acceptors (Lipinski definition) is 3. The van der Waals surface area contributed by atoms with Crippen molar-refractivity contribution in [2.45, 2.75) is 32.7 Å². The van der Waals surface area contributed by atoms with Gasteiger partial charge in [0.05, 0.1) is 25.0 Å². The lowest BCUT2D eigenvalue weighted by molar-refractivity contribution is 0.0847. The Morgan fingerprint density at radius 2 is 2.25 bits per heavy atom. The summed E-state index contributed by atoms with van der Waals surface area (Å²) in [4.78, 5) is 0. The van der Waals surface area contributed by atoms with Gasteiger partial charge in [0.25, 0.3) is 0 Å². The Bertz CT molecular complexity index is 316. The third-order valence-electron chi connectivity index (χ3n) is 3.49. The summed E-state index contributed by atoms with van der Waals surface area (Å²) in [6.07, 6.45) is 4.40. The SMILES string of the molecule is C=CC1N/C(=C(\N)C2CC2)COCC1(C)C. The van der Waals surface area contributed by atoms with Gasteiger partial charge in [-0.3, -0.25) is 0 Å². The Balaban J connectivity index is 2.18. The first-order valence-corrected chi connectivity index (χ1v) is 6.00. The maximum Gasteiger partial charge on any atom is 0.0880 e. The molecule has 1 unspecified atom stereocenters. The van der Waals surface area contributed by atoms with Crippen LogP contribution >= 0.6 is 0 Å². The van der Waals surface area contributed by atoms with Crippen molar-refractivity contribution < 1.29 is 4.74 Å². The van der Waals surface area contributed by atoms with Crippen LogP contribution in [-0.4, -0.2) is 19.3 Å². The first kappa shape index (κ1) is 11.5. The van der Waals surface area contributed by atoms with E-state index < -0.39 is 0 Å². The van der Waals surface area contributed by atoms with Crippen LogP contribution in [0.1, 0.15) is 26.7 Å². The third-order valence-corrected chi connectivity index (χ3v) is 3.49. The first-order valence-electron chi connectivity index (χ1n) is 6.00. The van der Waals surface area contributed by atoms with Gasteiger partial charge < -0.3 is 15.8 Å². The average Bonchev–Trinajstić information content (AvgIpc) is 3.03. The second-order valence-electron chi connectivity index (χ2n) is 5.55. The molecule has 3 nitrogen and oxygen atoms in total. The first-order chi connectivity index (χ1) is 7.54. The molecule has 1 aliphatic carbocycles. The van der Waals surface area contributed by atoms with Gasteiger partial charge in [-0.25, -0.2) is 0 Å².